The number of nitrogens with zero attached hydrogens (tertiary/aromatic N) is 1. The Labute approximate surface area is 106 Å². The highest BCUT2D eigenvalue weighted by molar-refractivity contribution is 6.29. The molecule has 3 nitrogen and oxygen atoms in total. The molecule has 0 aliphatic rings. The van der Waals surface area contributed by atoms with Gasteiger partial charge in [0.25, 0.3) is 0 Å². The van der Waals surface area contributed by atoms with Gasteiger partial charge in [-0.25, -0.2) is 4.98 Å². The first-order valence-electron chi connectivity index (χ1n) is 5.43. The minimum absolute atomic E-state index is 0.273. The third-order valence-electron chi connectivity index (χ3n) is 2.55. The van der Waals surface area contributed by atoms with Crippen LogP contribution in [0.3, 0.4) is 0 Å². The van der Waals surface area contributed by atoms with Gasteiger partial charge in [-0.3, -0.25) is 4.79 Å². The summed E-state index contributed by atoms with van der Waals surface area (Å²) in [5.74, 6) is -0.273. The first kappa shape index (κ1) is 13.7. The Hall–Kier alpha value is -1.35. The highest BCUT2D eigenvalue weighted by Gasteiger charge is 2.31. The minimum atomic E-state index is -0.731. The Morgan fingerprint density at radius 2 is 2.35 bits per heavy atom. The lowest BCUT2D eigenvalue weighted by molar-refractivity contribution is -0.151. The molecule has 0 saturated heterocycles. The number of hydrogen-bond acceptors (Lipinski definition) is 3. The van der Waals surface area contributed by atoms with Gasteiger partial charge >= 0.3 is 5.97 Å². The van der Waals surface area contributed by atoms with E-state index in [2.05, 4.69) is 11.6 Å². The van der Waals surface area contributed by atoms with Crippen LogP contribution in [-0.4, -0.2) is 17.6 Å². The quantitative estimate of drug-likeness (QED) is 0.460. The molecule has 1 rings (SSSR count). The van der Waals surface area contributed by atoms with Gasteiger partial charge in [0.2, 0.25) is 0 Å². The first-order valence-corrected chi connectivity index (χ1v) is 5.81. The van der Waals surface area contributed by atoms with Gasteiger partial charge in [0.1, 0.15) is 5.15 Å². The fourth-order valence-electron chi connectivity index (χ4n) is 1.46. The zero-order valence-electron chi connectivity index (χ0n) is 10.1. The average molecular weight is 254 g/mol. The van der Waals surface area contributed by atoms with Gasteiger partial charge in [-0.2, -0.15) is 0 Å². The van der Waals surface area contributed by atoms with Gasteiger partial charge < -0.3 is 4.74 Å². The van der Waals surface area contributed by atoms with Gasteiger partial charge in [0.05, 0.1) is 12.0 Å². The van der Waals surface area contributed by atoms with Crippen molar-refractivity contribution in [3.05, 3.63) is 41.7 Å². The summed E-state index contributed by atoms with van der Waals surface area (Å²) in [5.41, 5.74) is 0.191. The molecule has 0 aromatic carbocycles. The molecule has 0 aliphatic heterocycles. The van der Waals surface area contributed by atoms with E-state index in [-0.39, 0.29) is 5.97 Å². The van der Waals surface area contributed by atoms with Crippen molar-refractivity contribution in [2.75, 3.05) is 6.61 Å². The van der Waals surface area contributed by atoms with Crippen LogP contribution in [0.15, 0.2) is 31.0 Å². The maximum atomic E-state index is 11.8. The zero-order valence-corrected chi connectivity index (χ0v) is 10.8. The normalized spacial score (nSPS) is 13.8. The zero-order chi connectivity index (χ0) is 12.9. The Bertz CT molecular complexity index is 402. The molecular weight excluding hydrogens is 238 g/mol. The van der Waals surface area contributed by atoms with Crippen molar-refractivity contribution in [2.45, 2.75) is 20.3 Å². The summed E-state index contributed by atoms with van der Waals surface area (Å²) in [5, 5.41) is 0.435. The van der Waals surface area contributed by atoms with Crippen molar-refractivity contribution in [1.82, 2.24) is 4.98 Å². The van der Waals surface area contributed by atoms with E-state index in [0.29, 0.717) is 18.2 Å². The monoisotopic (exact) mass is 253 g/mol. The van der Waals surface area contributed by atoms with Crippen LogP contribution in [0.1, 0.15) is 19.4 Å². The van der Waals surface area contributed by atoms with Crippen LogP contribution in [0.4, 0.5) is 0 Å². The van der Waals surface area contributed by atoms with Crippen LogP contribution in [0.25, 0.3) is 0 Å². The summed E-state index contributed by atoms with van der Waals surface area (Å²) in [6.45, 7) is 7.65. The third-order valence-corrected chi connectivity index (χ3v) is 2.78. The van der Waals surface area contributed by atoms with Crippen LogP contribution in [0.5, 0.6) is 0 Å². The van der Waals surface area contributed by atoms with Crippen LogP contribution in [0, 0.1) is 5.41 Å². The van der Waals surface area contributed by atoms with Crippen LogP contribution in [-0.2, 0) is 16.0 Å². The van der Waals surface area contributed by atoms with Crippen molar-refractivity contribution < 1.29 is 9.53 Å². The number of rotatable bonds is 5. The van der Waals surface area contributed by atoms with Gasteiger partial charge in [-0.05, 0) is 31.9 Å². The van der Waals surface area contributed by atoms with E-state index in [9.17, 15) is 4.79 Å². The maximum Gasteiger partial charge on any atom is 0.315 e. The number of carbonyl (C=O) groups excluding carboxylic acids is 1. The number of halogens is 1. The van der Waals surface area contributed by atoms with Crippen molar-refractivity contribution in [3.63, 3.8) is 0 Å². The highest BCUT2D eigenvalue weighted by atomic mass is 35.5. The molecule has 0 N–H and O–H groups in total. The molecule has 0 spiro atoms. The third kappa shape index (κ3) is 3.56. The fraction of sp³-hybridized carbons (Fsp3) is 0.385. The van der Waals surface area contributed by atoms with Gasteiger partial charge in [0, 0.05) is 6.20 Å². The number of ether oxygens (including phenoxy) is 1. The Kier molecular flexibility index (Phi) is 4.70. The summed E-state index contributed by atoms with van der Waals surface area (Å²) in [6, 6.07) is 3.54. The van der Waals surface area contributed by atoms with E-state index in [1.165, 1.54) is 0 Å². The summed E-state index contributed by atoms with van der Waals surface area (Å²) in [6.07, 6.45) is 3.77. The molecule has 1 atom stereocenters. The lowest BCUT2D eigenvalue weighted by Gasteiger charge is -2.23. The summed E-state index contributed by atoms with van der Waals surface area (Å²) < 4.78 is 5.04. The standard InChI is InChI=1S/C13H16ClNO2/c1-4-13(3,12(16)17-5-2)8-10-6-7-11(14)15-9-10/h4,6-7,9H,1,5,8H2,2-3H3. The summed E-state index contributed by atoms with van der Waals surface area (Å²) >= 11 is 5.71. The Balaban J connectivity index is 2.85. The Morgan fingerprint density at radius 1 is 1.65 bits per heavy atom. The topological polar surface area (TPSA) is 39.2 Å². The predicted molar refractivity (Wildman–Crippen MR) is 67.9 cm³/mol. The largest absolute Gasteiger partial charge is 0.465 e. The van der Waals surface area contributed by atoms with Crippen LogP contribution >= 0.6 is 11.6 Å². The van der Waals surface area contributed by atoms with E-state index < -0.39 is 5.41 Å². The lowest BCUT2D eigenvalue weighted by atomic mass is 9.84. The molecule has 1 unspecified atom stereocenters. The van der Waals surface area contributed by atoms with E-state index >= 15 is 0 Å². The van der Waals surface area contributed by atoms with Gasteiger partial charge in [0.15, 0.2) is 0 Å². The molecule has 0 saturated carbocycles. The van der Waals surface area contributed by atoms with Crippen molar-refractivity contribution in [3.8, 4) is 0 Å². The Morgan fingerprint density at radius 3 is 2.82 bits per heavy atom. The second-order valence-corrected chi connectivity index (χ2v) is 4.40. The van der Waals surface area contributed by atoms with Gasteiger partial charge in [-0.1, -0.05) is 23.7 Å². The van der Waals surface area contributed by atoms with E-state index in [0.717, 1.165) is 5.56 Å². The second-order valence-electron chi connectivity index (χ2n) is 4.01. The minimum Gasteiger partial charge on any atom is -0.465 e. The molecule has 0 amide bonds. The van der Waals surface area contributed by atoms with Crippen molar-refractivity contribution in [1.29, 1.82) is 0 Å². The molecule has 17 heavy (non-hydrogen) atoms. The second kappa shape index (κ2) is 5.82. The SMILES string of the molecule is C=CC(C)(Cc1ccc(Cl)nc1)C(=O)OCC. The number of hydrogen-bond donors (Lipinski definition) is 0. The molecule has 1 aromatic heterocycles. The number of aromatic nitrogens is 1. The number of carbonyl (C=O) groups is 1. The summed E-state index contributed by atoms with van der Waals surface area (Å²) in [7, 11) is 0. The van der Waals surface area contributed by atoms with Crippen LogP contribution < -0.4 is 0 Å². The predicted octanol–water partition coefficient (Wildman–Crippen LogP) is 3.03. The summed E-state index contributed by atoms with van der Waals surface area (Å²) in [4.78, 5) is 15.8. The van der Waals surface area contributed by atoms with E-state index in [1.54, 1.807) is 32.2 Å². The number of esters is 1. The van der Waals surface area contributed by atoms with Crippen molar-refractivity contribution >= 4 is 17.6 Å². The first-order chi connectivity index (χ1) is 8.01. The lowest BCUT2D eigenvalue weighted by Crippen LogP contribution is -2.30. The van der Waals surface area contributed by atoms with Gasteiger partial charge in [-0.15, -0.1) is 6.58 Å². The molecule has 4 heteroatoms. The number of pyridine rings is 1. The molecule has 0 bridgehead atoms. The van der Waals surface area contributed by atoms with Crippen LogP contribution in [0.2, 0.25) is 5.15 Å². The fourth-order valence-corrected chi connectivity index (χ4v) is 1.57. The van der Waals surface area contributed by atoms with Crippen molar-refractivity contribution in [2.24, 2.45) is 5.41 Å². The van der Waals surface area contributed by atoms with E-state index in [1.807, 2.05) is 6.07 Å². The van der Waals surface area contributed by atoms with E-state index in [4.69, 9.17) is 16.3 Å². The molecule has 92 valence electrons. The molecular formula is C13H16ClNO2. The average Bonchev–Trinajstić information content (AvgIpc) is 2.32. The molecule has 0 fully saturated rings. The molecule has 0 aliphatic carbocycles. The molecule has 0 radical (unpaired) electrons. The smallest absolute Gasteiger partial charge is 0.315 e. The molecule has 1 heterocycles. The molecule has 1 aromatic rings. The highest BCUT2D eigenvalue weighted by Crippen LogP contribution is 2.25. The maximum absolute atomic E-state index is 11.8.